The Morgan fingerprint density at radius 3 is 2.71 bits per heavy atom. The normalized spacial score (nSPS) is 10.1. The predicted octanol–water partition coefficient (Wildman–Crippen LogP) is 3.86. The molecule has 0 fully saturated rings. The third-order valence-corrected chi connectivity index (χ3v) is 3.38. The van der Waals surface area contributed by atoms with Crippen molar-refractivity contribution in [2.45, 2.75) is 6.92 Å². The molecule has 4 nitrogen and oxygen atoms in total. The zero-order valence-corrected chi connectivity index (χ0v) is 12.7. The van der Waals surface area contributed by atoms with Gasteiger partial charge in [-0.1, -0.05) is 17.7 Å². The maximum Gasteiger partial charge on any atom is 0.168 e. The van der Waals surface area contributed by atoms with Gasteiger partial charge in [0.05, 0.1) is 5.56 Å². The first-order chi connectivity index (χ1) is 9.93. The van der Waals surface area contributed by atoms with E-state index in [0.29, 0.717) is 0 Å². The van der Waals surface area contributed by atoms with Crippen LogP contribution in [0.25, 0.3) is 0 Å². The topological polar surface area (TPSA) is 52.0 Å². The second kappa shape index (κ2) is 5.98. The lowest BCUT2D eigenvalue weighted by molar-refractivity contribution is 0.626. The third-order valence-electron chi connectivity index (χ3n) is 3.09. The number of pyridine rings is 1. The van der Waals surface area contributed by atoms with Crippen LogP contribution in [0.4, 0.5) is 21.6 Å². The van der Waals surface area contributed by atoms with Crippen LogP contribution in [0.2, 0.25) is 5.15 Å². The van der Waals surface area contributed by atoms with Crippen molar-refractivity contribution in [3.8, 4) is 6.07 Å². The molecule has 0 atom stereocenters. The molecule has 0 saturated heterocycles. The molecule has 21 heavy (non-hydrogen) atoms. The quantitative estimate of drug-likeness (QED) is 0.875. The Morgan fingerprint density at radius 2 is 2.10 bits per heavy atom. The number of nitriles is 1. The highest BCUT2D eigenvalue weighted by Crippen LogP contribution is 2.29. The van der Waals surface area contributed by atoms with Crippen molar-refractivity contribution in [2.24, 2.45) is 0 Å². The molecule has 0 saturated carbocycles. The molecule has 0 aliphatic heterocycles. The van der Waals surface area contributed by atoms with E-state index in [-0.39, 0.29) is 16.5 Å². The smallest absolute Gasteiger partial charge is 0.168 e. The zero-order valence-electron chi connectivity index (χ0n) is 11.9. The number of hydrogen-bond donors (Lipinski definition) is 1. The second-order valence-corrected chi connectivity index (χ2v) is 5.10. The van der Waals surface area contributed by atoms with Crippen LogP contribution in [-0.4, -0.2) is 19.1 Å². The fraction of sp³-hybridized carbons (Fsp3) is 0.200. The molecular weight excluding hydrogens is 291 g/mol. The van der Waals surface area contributed by atoms with Crippen molar-refractivity contribution in [3.63, 3.8) is 0 Å². The molecule has 2 aromatic rings. The third kappa shape index (κ3) is 3.06. The fourth-order valence-corrected chi connectivity index (χ4v) is 2.18. The summed E-state index contributed by atoms with van der Waals surface area (Å²) in [6.07, 6.45) is 0. The van der Waals surface area contributed by atoms with Gasteiger partial charge in [0.2, 0.25) is 0 Å². The molecular formula is C15H14ClFN4. The minimum absolute atomic E-state index is 0.00185. The van der Waals surface area contributed by atoms with E-state index >= 15 is 0 Å². The SMILES string of the molecule is Cc1c(Nc2nc(Cl)c(C#N)cc2F)cccc1N(C)C. The number of nitrogens with one attached hydrogen (secondary N) is 1. The number of hydrogen-bond acceptors (Lipinski definition) is 4. The number of rotatable bonds is 3. The molecule has 0 spiro atoms. The van der Waals surface area contributed by atoms with Crippen LogP contribution < -0.4 is 10.2 Å². The summed E-state index contributed by atoms with van der Waals surface area (Å²) in [6, 6.07) is 8.53. The van der Waals surface area contributed by atoms with E-state index in [1.54, 1.807) is 6.07 Å². The standard InChI is InChI=1S/C15H14ClFN4/c1-9-12(5-4-6-13(9)21(2)3)19-15-11(17)7-10(8-18)14(16)20-15/h4-7H,1-3H3,(H,19,20). The van der Waals surface area contributed by atoms with E-state index in [2.05, 4.69) is 10.3 Å². The van der Waals surface area contributed by atoms with Gasteiger partial charge in [0.1, 0.15) is 11.2 Å². The molecule has 0 aliphatic carbocycles. The lowest BCUT2D eigenvalue weighted by Gasteiger charge is -2.19. The zero-order chi connectivity index (χ0) is 15.6. The largest absolute Gasteiger partial charge is 0.377 e. The molecule has 0 amide bonds. The van der Waals surface area contributed by atoms with Crippen LogP contribution in [0.3, 0.4) is 0 Å². The Labute approximate surface area is 127 Å². The maximum atomic E-state index is 13.9. The van der Waals surface area contributed by atoms with Gasteiger partial charge in [0, 0.05) is 25.5 Å². The predicted molar refractivity (Wildman–Crippen MR) is 82.7 cm³/mol. The molecule has 1 aromatic carbocycles. The summed E-state index contributed by atoms with van der Waals surface area (Å²) in [6.45, 7) is 1.93. The van der Waals surface area contributed by atoms with Gasteiger partial charge in [0.15, 0.2) is 11.6 Å². The Balaban J connectivity index is 2.42. The van der Waals surface area contributed by atoms with Crippen LogP contribution in [0.15, 0.2) is 24.3 Å². The first kappa shape index (κ1) is 15.1. The molecule has 0 aliphatic rings. The van der Waals surface area contributed by atoms with E-state index in [9.17, 15) is 4.39 Å². The first-order valence-electron chi connectivity index (χ1n) is 6.24. The number of halogens is 2. The maximum absolute atomic E-state index is 13.9. The van der Waals surface area contributed by atoms with E-state index in [1.807, 2.05) is 44.1 Å². The summed E-state index contributed by atoms with van der Waals surface area (Å²) in [5.41, 5.74) is 2.72. The van der Waals surface area contributed by atoms with E-state index in [4.69, 9.17) is 16.9 Å². The molecule has 1 aromatic heterocycles. The second-order valence-electron chi connectivity index (χ2n) is 4.74. The summed E-state index contributed by atoms with van der Waals surface area (Å²) in [7, 11) is 3.87. The average molecular weight is 305 g/mol. The van der Waals surface area contributed by atoms with Gasteiger partial charge in [0.25, 0.3) is 0 Å². The summed E-state index contributed by atoms with van der Waals surface area (Å²) in [5.74, 6) is -0.622. The van der Waals surface area contributed by atoms with Crippen LogP contribution in [0.1, 0.15) is 11.1 Å². The highest BCUT2D eigenvalue weighted by Gasteiger charge is 2.12. The summed E-state index contributed by atoms with van der Waals surface area (Å²) in [5, 5.41) is 11.7. The van der Waals surface area contributed by atoms with Gasteiger partial charge in [-0.05, 0) is 30.7 Å². The van der Waals surface area contributed by atoms with Gasteiger partial charge in [-0.25, -0.2) is 9.37 Å². The van der Waals surface area contributed by atoms with E-state index in [1.165, 1.54) is 0 Å². The van der Waals surface area contributed by atoms with Crippen molar-refractivity contribution >= 4 is 28.8 Å². The van der Waals surface area contributed by atoms with E-state index in [0.717, 1.165) is 23.0 Å². The van der Waals surface area contributed by atoms with Gasteiger partial charge in [-0.15, -0.1) is 0 Å². The molecule has 108 valence electrons. The van der Waals surface area contributed by atoms with Crippen molar-refractivity contribution < 1.29 is 4.39 Å². The summed E-state index contributed by atoms with van der Waals surface area (Å²) >= 11 is 5.84. The van der Waals surface area contributed by atoms with Crippen LogP contribution in [-0.2, 0) is 0 Å². The molecule has 6 heteroatoms. The fourth-order valence-electron chi connectivity index (χ4n) is 2.00. The van der Waals surface area contributed by atoms with E-state index < -0.39 is 5.82 Å². The molecule has 0 radical (unpaired) electrons. The molecule has 2 rings (SSSR count). The highest BCUT2D eigenvalue weighted by molar-refractivity contribution is 6.30. The average Bonchev–Trinajstić information content (AvgIpc) is 2.44. The minimum atomic E-state index is -0.620. The van der Waals surface area contributed by atoms with Gasteiger partial charge in [-0.3, -0.25) is 0 Å². The molecule has 0 bridgehead atoms. The monoisotopic (exact) mass is 304 g/mol. The van der Waals surface area contributed by atoms with Crippen molar-refractivity contribution in [2.75, 3.05) is 24.3 Å². The Morgan fingerprint density at radius 1 is 1.38 bits per heavy atom. The lowest BCUT2D eigenvalue weighted by Crippen LogP contribution is -2.11. The van der Waals surface area contributed by atoms with Gasteiger partial charge < -0.3 is 10.2 Å². The number of nitrogens with zero attached hydrogens (tertiary/aromatic N) is 3. The summed E-state index contributed by atoms with van der Waals surface area (Å²) < 4.78 is 13.9. The van der Waals surface area contributed by atoms with Crippen molar-refractivity contribution in [1.29, 1.82) is 5.26 Å². The van der Waals surface area contributed by atoms with Crippen molar-refractivity contribution in [3.05, 3.63) is 46.4 Å². The number of anilines is 3. The van der Waals surface area contributed by atoms with Gasteiger partial charge in [-0.2, -0.15) is 5.26 Å². The molecule has 1 N–H and O–H groups in total. The Hall–Kier alpha value is -2.32. The lowest BCUT2D eigenvalue weighted by atomic mass is 10.1. The van der Waals surface area contributed by atoms with Gasteiger partial charge >= 0.3 is 0 Å². The highest BCUT2D eigenvalue weighted by atomic mass is 35.5. The number of aromatic nitrogens is 1. The van der Waals surface area contributed by atoms with Crippen LogP contribution in [0.5, 0.6) is 0 Å². The Kier molecular flexibility index (Phi) is 4.29. The summed E-state index contributed by atoms with van der Waals surface area (Å²) in [4.78, 5) is 5.87. The Bertz CT molecular complexity index is 722. The van der Waals surface area contributed by atoms with Crippen LogP contribution in [0, 0.1) is 24.1 Å². The first-order valence-corrected chi connectivity index (χ1v) is 6.62. The van der Waals surface area contributed by atoms with Crippen LogP contribution >= 0.6 is 11.6 Å². The molecule has 0 unspecified atom stereocenters. The van der Waals surface area contributed by atoms with Crippen molar-refractivity contribution in [1.82, 2.24) is 4.98 Å². The molecule has 1 heterocycles. The minimum Gasteiger partial charge on any atom is -0.377 e. The number of benzene rings is 1.